The van der Waals surface area contributed by atoms with Crippen LogP contribution in [0.2, 0.25) is 0 Å². The van der Waals surface area contributed by atoms with Crippen LogP contribution in [0.15, 0.2) is 30.3 Å². The average Bonchev–Trinajstić information content (AvgIpc) is 2.05. The van der Waals surface area contributed by atoms with Gasteiger partial charge in [-0.05, 0) is 5.56 Å². The molecule has 12 heavy (non-hydrogen) atoms. The maximum atomic E-state index is 4.91. The topological polar surface area (TPSA) is 21.7 Å². The molecule has 0 N–H and O–H groups in total. The summed E-state index contributed by atoms with van der Waals surface area (Å²) in [6.07, 6.45) is 0. The normalized spacial score (nSPS) is 10.6. The van der Waals surface area contributed by atoms with E-state index in [-0.39, 0.29) is 0 Å². The lowest BCUT2D eigenvalue weighted by Crippen LogP contribution is -2.12. The lowest BCUT2D eigenvalue weighted by Gasteiger charge is -2.08. The van der Waals surface area contributed by atoms with Crippen LogP contribution in [0.5, 0.6) is 0 Å². The van der Waals surface area contributed by atoms with Crippen molar-refractivity contribution < 1.29 is 9.88 Å². The SMILES string of the molecule is CN(C)OOCc1ccccc1. The highest BCUT2D eigenvalue weighted by molar-refractivity contribution is 5.13. The maximum Gasteiger partial charge on any atom is 0.109 e. The predicted octanol–water partition coefficient (Wildman–Crippen LogP) is 1.61. The highest BCUT2D eigenvalue weighted by atomic mass is 17.3. The Morgan fingerprint density at radius 2 is 1.83 bits per heavy atom. The fraction of sp³-hybridized carbons (Fsp3) is 0.333. The van der Waals surface area contributed by atoms with Crippen molar-refractivity contribution in [3.05, 3.63) is 35.9 Å². The first-order valence-corrected chi connectivity index (χ1v) is 3.80. The number of nitrogens with zero attached hydrogens (tertiary/aromatic N) is 1. The van der Waals surface area contributed by atoms with Gasteiger partial charge in [0.2, 0.25) is 0 Å². The molecule has 0 spiro atoms. The van der Waals surface area contributed by atoms with Crippen molar-refractivity contribution in [2.24, 2.45) is 0 Å². The van der Waals surface area contributed by atoms with Crippen molar-refractivity contribution in [2.75, 3.05) is 14.1 Å². The summed E-state index contributed by atoms with van der Waals surface area (Å²) in [5, 5.41) is 1.50. The Morgan fingerprint density at radius 3 is 2.42 bits per heavy atom. The Balaban J connectivity index is 2.25. The van der Waals surface area contributed by atoms with E-state index < -0.39 is 0 Å². The molecule has 0 aliphatic heterocycles. The number of hydroxylamine groups is 2. The Morgan fingerprint density at radius 1 is 1.17 bits per heavy atom. The second kappa shape index (κ2) is 4.87. The van der Waals surface area contributed by atoms with E-state index in [1.165, 1.54) is 5.06 Å². The molecule has 0 aromatic heterocycles. The summed E-state index contributed by atoms with van der Waals surface area (Å²) in [5.41, 5.74) is 1.10. The largest absolute Gasteiger partial charge is 0.213 e. The second-order valence-electron chi connectivity index (χ2n) is 2.63. The molecule has 0 amide bonds. The summed E-state index contributed by atoms with van der Waals surface area (Å²) in [6.45, 7) is 0.471. The van der Waals surface area contributed by atoms with Gasteiger partial charge in [-0.25, -0.2) is 4.89 Å². The Bertz CT molecular complexity index is 211. The van der Waals surface area contributed by atoms with E-state index in [4.69, 9.17) is 9.88 Å². The van der Waals surface area contributed by atoms with E-state index in [0.717, 1.165) is 5.56 Å². The second-order valence-corrected chi connectivity index (χ2v) is 2.63. The van der Waals surface area contributed by atoms with Gasteiger partial charge in [0.05, 0.1) is 0 Å². The van der Waals surface area contributed by atoms with Gasteiger partial charge in [0, 0.05) is 14.1 Å². The number of rotatable bonds is 4. The molecule has 0 saturated heterocycles. The predicted molar refractivity (Wildman–Crippen MR) is 46.0 cm³/mol. The van der Waals surface area contributed by atoms with E-state index in [1.54, 1.807) is 14.1 Å². The summed E-state index contributed by atoms with van der Waals surface area (Å²) in [5.74, 6) is 0. The highest BCUT2D eigenvalue weighted by Crippen LogP contribution is 2.00. The van der Waals surface area contributed by atoms with E-state index in [0.29, 0.717) is 6.61 Å². The number of hydrogen-bond donors (Lipinski definition) is 0. The van der Waals surface area contributed by atoms with Crippen molar-refractivity contribution in [2.45, 2.75) is 6.61 Å². The van der Waals surface area contributed by atoms with Crippen LogP contribution in [-0.4, -0.2) is 19.2 Å². The van der Waals surface area contributed by atoms with Crippen molar-refractivity contribution >= 4 is 0 Å². The fourth-order valence-corrected chi connectivity index (χ4v) is 0.774. The van der Waals surface area contributed by atoms with E-state index in [1.807, 2.05) is 30.3 Å². The first-order chi connectivity index (χ1) is 5.79. The minimum absolute atomic E-state index is 0.471. The molecule has 3 nitrogen and oxygen atoms in total. The molecule has 0 aliphatic carbocycles. The van der Waals surface area contributed by atoms with Crippen LogP contribution in [0.25, 0.3) is 0 Å². The third-order valence-corrected chi connectivity index (χ3v) is 1.27. The van der Waals surface area contributed by atoms with Gasteiger partial charge in [0.1, 0.15) is 6.61 Å². The Labute approximate surface area is 72.4 Å². The molecule has 0 fully saturated rings. The van der Waals surface area contributed by atoms with Gasteiger partial charge in [0.25, 0.3) is 0 Å². The van der Waals surface area contributed by atoms with Crippen LogP contribution >= 0.6 is 0 Å². The lowest BCUT2D eigenvalue weighted by atomic mass is 10.2. The minimum Gasteiger partial charge on any atom is -0.213 e. The molecule has 1 aromatic rings. The summed E-state index contributed by atoms with van der Waals surface area (Å²) in [6, 6.07) is 9.87. The molecular formula is C9H13NO2. The molecule has 3 heteroatoms. The first kappa shape index (κ1) is 9.19. The monoisotopic (exact) mass is 167 g/mol. The van der Waals surface area contributed by atoms with Crippen LogP contribution in [-0.2, 0) is 16.5 Å². The van der Waals surface area contributed by atoms with Crippen LogP contribution in [0.4, 0.5) is 0 Å². The molecule has 66 valence electrons. The van der Waals surface area contributed by atoms with Crippen LogP contribution < -0.4 is 0 Å². The van der Waals surface area contributed by atoms with Gasteiger partial charge in [0.15, 0.2) is 0 Å². The Hall–Kier alpha value is -0.900. The van der Waals surface area contributed by atoms with Gasteiger partial charge in [-0.1, -0.05) is 30.3 Å². The lowest BCUT2D eigenvalue weighted by molar-refractivity contribution is -0.419. The van der Waals surface area contributed by atoms with E-state index in [2.05, 4.69) is 0 Å². The van der Waals surface area contributed by atoms with Gasteiger partial charge < -0.3 is 0 Å². The first-order valence-electron chi connectivity index (χ1n) is 3.80. The zero-order valence-corrected chi connectivity index (χ0v) is 7.36. The summed E-state index contributed by atoms with van der Waals surface area (Å²) < 4.78 is 0. The van der Waals surface area contributed by atoms with Gasteiger partial charge >= 0.3 is 0 Å². The smallest absolute Gasteiger partial charge is 0.109 e. The molecular weight excluding hydrogens is 154 g/mol. The third kappa shape index (κ3) is 3.48. The molecule has 1 aromatic carbocycles. The number of benzene rings is 1. The zero-order chi connectivity index (χ0) is 8.81. The third-order valence-electron chi connectivity index (χ3n) is 1.27. The minimum atomic E-state index is 0.471. The summed E-state index contributed by atoms with van der Waals surface area (Å²) in [4.78, 5) is 9.69. The van der Waals surface area contributed by atoms with Crippen LogP contribution in [0.3, 0.4) is 0 Å². The van der Waals surface area contributed by atoms with E-state index >= 15 is 0 Å². The molecule has 0 atom stereocenters. The van der Waals surface area contributed by atoms with Crippen molar-refractivity contribution in [3.8, 4) is 0 Å². The molecule has 0 unspecified atom stereocenters. The summed E-state index contributed by atoms with van der Waals surface area (Å²) >= 11 is 0. The van der Waals surface area contributed by atoms with Gasteiger partial charge in [-0.3, -0.25) is 0 Å². The molecule has 0 saturated carbocycles. The Kier molecular flexibility index (Phi) is 3.73. The highest BCUT2D eigenvalue weighted by Gasteiger charge is 1.92. The molecule has 0 heterocycles. The average molecular weight is 167 g/mol. The van der Waals surface area contributed by atoms with Crippen LogP contribution in [0, 0.1) is 0 Å². The van der Waals surface area contributed by atoms with Gasteiger partial charge in [-0.15, -0.1) is 4.99 Å². The van der Waals surface area contributed by atoms with Crippen molar-refractivity contribution in [3.63, 3.8) is 0 Å². The maximum absolute atomic E-state index is 4.91. The van der Waals surface area contributed by atoms with Crippen LogP contribution in [0.1, 0.15) is 5.56 Å². The van der Waals surface area contributed by atoms with Gasteiger partial charge in [-0.2, -0.15) is 5.06 Å². The molecule has 1 rings (SSSR count). The summed E-state index contributed by atoms with van der Waals surface area (Å²) in [7, 11) is 3.54. The molecule has 0 radical (unpaired) electrons. The fourth-order valence-electron chi connectivity index (χ4n) is 0.774. The quantitative estimate of drug-likeness (QED) is 0.502. The molecule has 0 aliphatic rings. The number of hydrogen-bond acceptors (Lipinski definition) is 3. The molecule has 0 bridgehead atoms. The van der Waals surface area contributed by atoms with E-state index in [9.17, 15) is 0 Å². The standard InChI is InChI=1S/C9H13NO2/c1-10(2)12-11-8-9-6-4-3-5-7-9/h3-7H,8H2,1-2H3. The van der Waals surface area contributed by atoms with Crippen molar-refractivity contribution in [1.82, 2.24) is 5.06 Å². The zero-order valence-electron chi connectivity index (χ0n) is 7.36. The van der Waals surface area contributed by atoms with Crippen molar-refractivity contribution in [1.29, 1.82) is 0 Å².